The molecule has 0 amide bonds. The number of aryl methyl sites for hydroxylation is 1. The monoisotopic (exact) mass is 246 g/mol. The summed E-state index contributed by atoms with van der Waals surface area (Å²) in [5.74, 6) is 1.06. The van der Waals surface area contributed by atoms with Gasteiger partial charge < -0.3 is 5.11 Å². The highest BCUT2D eigenvalue weighted by molar-refractivity contribution is 5.39. The first-order valence-electron chi connectivity index (χ1n) is 7.05. The van der Waals surface area contributed by atoms with Gasteiger partial charge in [0.1, 0.15) is 5.75 Å². The van der Waals surface area contributed by atoms with E-state index in [2.05, 4.69) is 40.7 Å². The zero-order valence-corrected chi connectivity index (χ0v) is 12.4. The average Bonchev–Trinajstić information content (AvgIpc) is 2.24. The van der Waals surface area contributed by atoms with Gasteiger partial charge in [-0.3, -0.25) is 0 Å². The van der Waals surface area contributed by atoms with Gasteiger partial charge in [-0.05, 0) is 66.2 Å². The van der Waals surface area contributed by atoms with Crippen LogP contribution < -0.4 is 0 Å². The van der Waals surface area contributed by atoms with Gasteiger partial charge in [0, 0.05) is 0 Å². The summed E-state index contributed by atoms with van der Waals surface area (Å²) in [7, 11) is 0. The summed E-state index contributed by atoms with van der Waals surface area (Å²) >= 11 is 0. The molecule has 0 spiro atoms. The van der Waals surface area contributed by atoms with E-state index in [0.29, 0.717) is 17.1 Å². The van der Waals surface area contributed by atoms with E-state index < -0.39 is 0 Å². The third kappa shape index (κ3) is 2.28. The molecule has 0 aromatic heterocycles. The lowest BCUT2D eigenvalue weighted by Gasteiger charge is -2.47. The molecule has 2 unspecified atom stereocenters. The van der Waals surface area contributed by atoms with Crippen LogP contribution in [0.25, 0.3) is 0 Å². The van der Waals surface area contributed by atoms with Crippen LogP contribution in [0.15, 0.2) is 18.2 Å². The molecule has 1 nitrogen and oxygen atoms in total. The minimum absolute atomic E-state index is 0.257. The fraction of sp³-hybridized carbons (Fsp3) is 0.647. The maximum absolute atomic E-state index is 9.57. The second-order valence-electron chi connectivity index (χ2n) is 7.19. The van der Waals surface area contributed by atoms with Crippen molar-refractivity contribution in [1.29, 1.82) is 0 Å². The average molecular weight is 246 g/mol. The Bertz CT molecular complexity index is 447. The van der Waals surface area contributed by atoms with Gasteiger partial charge in [-0.1, -0.05) is 33.8 Å². The van der Waals surface area contributed by atoms with Crippen LogP contribution >= 0.6 is 0 Å². The van der Waals surface area contributed by atoms with E-state index in [4.69, 9.17) is 0 Å². The first-order chi connectivity index (χ1) is 8.24. The van der Waals surface area contributed by atoms with Crippen LogP contribution in [0.3, 0.4) is 0 Å². The smallest absolute Gasteiger partial charge is 0.115 e. The lowest BCUT2D eigenvalue weighted by Crippen LogP contribution is -2.39. The molecule has 18 heavy (non-hydrogen) atoms. The lowest BCUT2D eigenvalue weighted by molar-refractivity contribution is 0.109. The number of hydrogen-bond acceptors (Lipinski definition) is 1. The van der Waals surface area contributed by atoms with Gasteiger partial charge in [0.15, 0.2) is 0 Å². The standard InChI is InChI=1S/C17H26O/c1-12-10-14(18)6-7-15(12)17(5)9-8-16(3,4)11-13(17)2/h6-7,10,13,18H,8-9,11H2,1-5H3. The molecule has 1 aromatic rings. The first-order valence-corrected chi connectivity index (χ1v) is 7.05. The molecule has 2 rings (SSSR count). The van der Waals surface area contributed by atoms with Crippen molar-refractivity contribution in [2.24, 2.45) is 11.3 Å². The summed E-state index contributed by atoms with van der Waals surface area (Å²) in [6, 6.07) is 5.85. The Morgan fingerprint density at radius 2 is 1.83 bits per heavy atom. The largest absolute Gasteiger partial charge is 0.508 e. The van der Waals surface area contributed by atoms with Gasteiger partial charge in [0.25, 0.3) is 0 Å². The highest BCUT2D eigenvalue weighted by Crippen LogP contribution is 2.50. The molecular weight excluding hydrogens is 220 g/mol. The zero-order valence-electron chi connectivity index (χ0n) is 12.4. The number of phenolic OH excluding ortho intramolecular Hbond substituents is 1. The molecule has 1 saturated carbocycles. The lowest BCUT2D eigenvalue weighted by atomic mass is 9.57. The summed E-state index contributed by atoms with van der Waals surface area (Å²) in [6.07, 6.45) is 3.81. The summed E-state index contributed by atoms with van der Waals surface area (Å²) in [5.41, 5.74) is 3.38. The number of aromatic hydroxyl groups is 1. The van der Waals surface area contributed by atoms with E-state index in [1.54, 1.807) is 0 Å². The topological polar surface area (TPSA) is 20.2 Å². The zero-order chi connectivity index (χ0) is 13.6. The Morgan fingerprint density at radius 1 is 1.17 bits per heavy atom. The van der Waals surface area contributed by atoms with E-state index in [1.807, 2.05) is 12.1 Å². The third-order valence-corrected chi connectivity index (χ3v) is 5.09. The van der Waals surface area contributed by atoms with Crippen LogP contribution in [0.5, 0.6) is 5.75 Å². The van der Waals surface area contributed by atoms with Crippen molar-refractivity contribution in [2.75, 3.05) is 0 Å². The molecule has 1 aliphatic carbocycles. The SMILES string of the molecule is Cc1cc(O)ccc1C1(C)CCC(C)(C)CC1C. The molecule has 0 heterocycles. The van der Waals surface area contributed by atoms with Crippen LogP contribution in [0.2, 0.25) is 0 Å². The van der Waals surface area contributed by atoms with E-state index >= 15 is 0 Å². The first kappa shape index (κ1) is 13.5. The van der Waals surface area contributed by atoms with Crippen molar-refractivity contribution in [3.05, 3.63) is 29.3 Å². The van der Waals surface area contributed by atoms with Crippen LogP contribution in [0, 0.1) is 18.3 Å². The van der Waals surface area contributed by atoms with Gasteiger partial charge in [-0.15, -0.1) is 0 Å². The van der Waals surface area contributed by atoms with Crippen LogP contribution in [0.1, 0.15) is 58.1 Å². The van der Waals surface area contributed by atoms with Crippen LogP contribution in [-0.2, 0) is 5.41 Å². The van der Waals surface area contributed by atoms with E-state index in [-0.39, 0.29) is 5.41 Å². The Labute approximate surface area is 111 Å². The molecule has 1 aromatic carbocycles. The highest BCUT2D eigenvalue weighted by Gasteiger charge is 2.42. The minimum atomic E-state index is 0.257. The van der Waals surface area contributed by atoms with E-state index in [9.17, 15) is 5.11 Å². The minimum Gasteiger partial charge on any atom is -0.508 e. The van der Waals surface area contributed by atoms with Crippen molar-refractivity contribution in [3.63, 3.8) is 0 Å². The maximum atomic E-state index is 9.57. The Morgan fingerprint density at radius 3 is 2.39 bits per heavy atom. The number of benzene rings is 1. The summed E-state index contributed by atoms with van der Waals surface area (Å²) in [4.78, 5) is 0. The summed E-state index contributed by atoms with van der Waals surface area (Å²) in [6.45, 7) is 11.7. The van der Waals surface area contributed by atoms with Gasteiger partial charge in [-0.2, -0.15) is 0 Å². The van der Waals surface area contributed by atoms with Crippen LogP contribution in [-0.4, -0.2) is 5.11 Å². The third-order valence-electron chi connectivity index (χ3n) is 5.09. The van der Waals surface area contributed by atoms with Gasteiger partial charge >= 0.3 is 0 Å². The van der Waals surface area contributed by atoms with E-state index in [0.717, 1.165) is 0 Å². The molecule has 0 radical (unpaired) electrons. The fourth-order valence-electron chi connectivity index (χ4n) is 3.69. The Hall–Kier alpha value is -0.980. The molecule has 0 aliphatic heterocycles. The molecule has 1 heteroatoms. The quantitative estimate of drug-likeness (QED) is 0.754. The number of hydrogen-bond donors (Lipinski definition) is 1. The van der Waals surface area contributed by atoms with Gasteiger partial charge in [0.05, 0.1) is 0 Å². The van der Waals surface area contributed by atoms with Crippen molar-refractivity contribution in [2.45, 2.75) is 59.3 Å². The second-order valence-corrected chi connectivity index (χ2v) is 7.19. The maximum Gasteiger partial charge on any atom is 0.115 e. The molecule has 1 fully saturated rings. The molecular formula is C17H26O. The highest BCUT2D eigenvalue weighted by atomic mass is 16.3. The predicted molar refractivity (Wildman–Crippen MR) is 77.0 cm³/mol. The summed E-state index contributed by atoms with van der Waals surface area (Å²) in [5, 5.41) is 9.57. The molecule has 1 aliphatic rings. The van der Waals surface area contributed by atoms with Gasteiger partial charge in [0.2, 0.25) is 0 Å². The number of phenols is 1. The van der Waals surface area contributed by atoms with Crippen LogP contribution in [0.4, 0.5) is 0 Å². The molecule has 100 valence electrons. The molecule has 0 bridgehead atoms. The molecule has 0 saturated heterocycles. The van der Waals surface area contributed by atoms with Crippen molar-refractivity contribution in [1.82, 2.24) is 0 Å². The Kier molecular flexibility index (Phi) is 3.21. The fourth-order valence-corrected chi connectivity index (χ4v) is 3.69. The molecule has 2 atom stereocenters. The molecule has 1 N–H and O–H groups in total. The van der Waals surface area contributed by atoms with Crippen molar-refractivity contribution >= 4 is 0 Å². The predicted octanol–water partition coefficient (Wildman–Crippen LogP) is 4.80. The Balaban J connectivity index is 2.37. The summed E-state index contributed by atoms with van der Waals surface area (Å²) < 4.78 is 0. The normalized spacial score (nSPS) is 31.3. The van der Waals surface area contributed by atoms with E-state index in [1.165, 1.54) is 30.4 Å². The van der Waals surface area contributed by atoms with Crippen molar-refractivity contribution in [3.8, 4) is 5.75 Å². The van der Waals surface area contributed by atoms with Crippen molar-refractivity contribution < 1.29 is 5.11 Å². The number of rotatable bonds is 1. The second kappa shape index (κ2) is 4.29. The van der Waals surface area contributed by atoms with Gasteiger partial charge in [-0.25, -0.2) is 0 Å².